The van der Waals surface area contributed by atoms with E-state index in [9.17, 15) is 4.79 Å². The monoisotopic (exact) mass is 712 g/mol. The molecule has 0 saturated carbocycles. The Balaban J connectivity index is 0.000000637. The summed E-state index contributed by atoms with van der Waals surface area (Å²) >= 11 is 10.6. The highest BCUT2D eigenvalue weighted by Gasteiger charge is 2.20. The molecule has 0 aromatic heterocycles. The maximum atomic E-state index is 9.68. The third-order valence-corrected chi connectivity index (χ3v) is 8.99. The van der Waals surface area contributed by atoms with E-state index in [-0.39, 0.29) is 0 Å². The van der Waals surface area contributed by atoms with Crippen molar-refractivity contribution in [2.75, 3.05) is 52.3 Å². The molecule has 0 radical (unpaired) electrons. The largest absolute Gasteiger partial charge is 0.496 e. The van der Waals surface area contributed by atoms with Crippen molar-refractivity contribution in [3.05, 3.63) is 98.9 Å². The summed E-state index contributed by atoms with van der Waals surface area (Å²) in [5.41, 5.74) is 6.26. The highest BCUT2D eigenvalue weighted by molar-refractivity contribution is 9.10. The molecular weight excluding hydrogens is 664 g/mol. The molecule has 0 unspecified atom stereocenters. The SMILES string of the molecule is C=C1C=CC=CN1/C(Cc1cc(Br)ccc1OC)=C(\C)Cc1ccc(OC)c(NCCN2CCCC2)c1Cl.CC(C)CCNC=O. The van der Waals surface area contributed by atoms with E-state index in [4.69, 9.17) is 21.1 Å². The first-order valence-electron chi connectivity index (χ1n) is 16.0. The molecule has 1 saturated heterocycles. The number of nitrogens with one attached hydrogen (secondary N) is 2. The Morgan fingerprint density at radius 1 is 1.04 bits per heavy atom. The van der Waals surface area contributed by atoms with Crippen molar-refractivity contribution in [2.24, 2.45) is 5.92 Å². The number of ether oxygens (including phenoxy) is 2. The predicted octanol–water partition coefficient (Wildman–Crippen LogP) is 8.36. The van der Waals surface area contributed by atoms with Gasteiger partial charge in [-0.1, -0.05) is 60.1 Å². The highest BCUT2D eigenvalue weighted by atomic mass is 79.9. The van der Waals surface area contributed by atoms with Crippen molar-refractivity contribution in [1.82, 2.24) is 15.1 Å². The number of hydrogen-bond acceptors (Lipinski definition) is 6. The van der Waals surface area contributed by atoms with E-state index in [1.54, 1.807) is 14.2 Å². The molecule has 2 aliphatic heterocycles. The molecule has 1 amide bonds. The van der Waals surface area contributed by atoms with Crippen molar-refractivity contribution in [1.29, 1.82) is 0 Å². The maximum absolute atomic E-state index is 9.68. The van der Waals surface area contributed by atoms with Crippen LogP contribution in [0, 0.1) is 5.92 Å². The van der Waals surface area contributed by atoms with E-state index >= 15 is 0 Å². The van der Waals surface area contributed by atoms with Gasteiger partial charge in [0.1, 0.15) is 11.5 Å². The maximum Gasteiger partial charge on any atom is 0.207 e. The van der Waals surface area contributed by atoms with Crippen molar-refractivity contribution in [3.63, 3.8) is 0 Å². The summed E-state index contributed by atoms with van der Waals surface area (Å²) in [7, 11) is 3.40. The van der Waals surface area contributed by atoms with Crippen LogP contribution in [0.15, 0.2) is 82.8 Å². The van der Waals surface area contributed by atoms with Crippen LogP contribution in [0.25, 0.3) is 0 Å². The lowest BCUT2D eigenvalue weighted by atomic mass is 9.98. The lowest BCUT2D eigenvalue weighted by molar-refractivity contribution is -0.109. The molecule has 1 fully saturated rings. The number of benzene rings is 2. The fourth-order valence-corrected chi connectivity index (χ4v) is 6.18. The standard InChI is InChI=1S/C31H37BrClN3O2.C6H13NO/c1-22(19-24-10-12-29(38-4)31(30(24)33)34-14-18-35-15-7-8-16-35)27(36-17-6-5-9-23(36)2)21-25-20-26(32)11-13-28(25)37-3;1-6(2)3-4-7-5-8/h5-6,9-13,17,20,34H,2,7-8,14-16,18-19,21H2,1,3-4H3;5-6H,3-4H2,1-2H3,(H,7,8)/b27-22+;. The van der Waals surface area contributed by atoms with Crippen LogP contribution in [0.2, 0.25) is 5.02 Å². The Hall–Kier alpha value is -3.20. The smallest absolute Gasteiger partial charge is 0.207 e. The minimum atomic E-state index is 0.681. The minimum absolute atomic E-state index is 0.681. The van der Waals surface area contributed by atoms with E-state index in [0.29, 0.717) is 23.8 Å². The van der Waals surface area contributed by atoms with Gasteiger partial charge in [-0.3, -0.25) is 4.79 Å². The fourth-order valence-electron chi connectivity index (χ4n) is 5.49. The summed E-state index contributed by atoms with van der Waals surface area (Å²) in [6.45, 7) is 15.7. The van der Waals surface area contributed by atoms with Gasteiger partial charge in [-0.25, -0.2) is 0 Å². The first kappa shape index (κ1) is 37.3. The number of allylic oxidation sites excluding steroid dienone is 5. The summed E-state index contributed by atoms with van der Waals surface area (Å²) in [6, 6.07) is 10.2. The first-order chi connectivity index (χ1) is 22.2. The summed E-state index contributed by atoms with van der Waals surface area (Å²) in [6.07, 6.45) is 13.9. The second kappa shape index (κ2) is 19.5. The number of rotatable bonds is 15. The lowest BCUT2D eigenvalue weighted by Crippen LogP contribution is -2.26. The van der Waals surface area contributed by atoms with Gasteiger partial charge in [-0.2, -0.15) is 0 Å². The van der Waals surface area contributed by atoms with Crippen LogP contribution in [0.4, 0.5) is 5.69 Å². The number of hydrogen-bond donors (Lipinski definition) is 2. The van der Waals surface area contributed by atoms with Crippen LogP contribution in [0.1, 0.15) is 51.2 Å². The van der Waals surface area contributed by atoms with Gasteiger partial charge in [0.15, 0.2) is 0 Å². The van der Waals surface area contributed by atoms with E-state index in [0.717, 1.165) is 76.6 Å². The number of carbonyl (C=O) groups excluding carboxylic acids is 1. The third kappa shape index (κ3) is 11.2. The van der Waals surface area contributed by atoms with Crippen molar-refractivity contribution in [3.8, 4) is 11.5 Å². The molecule has 2 aliphatic rings. The number of methoxy groups -OCH3 is 2. The molecule has 2 aromatic rings. The Bertz CT molecular complexity index is 1400. The molecule has 4 rings (SSSR count). The van der Waals surface area contributed by atoms with Crippen LogP contribution in [-0.2, 0) is 17.6 Å². The molecule has 9 heteroatoms. The zero-order valence-electron chi connectivity index (χ0n) is 28.0. The summed E-state index contributed by atoms with van der Waals surface area (Å²) in [4.78, 5) is 14.3. The quantitative estimate of drug-likeness (QED) is 0.143. The van der Waals surface area contributed by atoms with Crippen LogP contribution < -0.4 is 20.1 Å². The minimum Gasteiger partial charge on any atom is -0.496 e. The highest BCUT2D eigenvalue weighted by Crippen LogP contribution is 2.37. The first-order valence-corrected chi connectivity index (χ1v) is 17.2. The Morgan fingerprint density at radius 3 is 2.41 bits per heavy atom. The van der Waals surface area contributed by atoms with Gasteiger partial charge < -0.3 is 29.9 Å². The molecule has 0 spiro atoms. The molecule has 2 heterocycles. The van der Waals surface area contributed by atoms with Gasteiger partial charge in [-0.05, 0) is 99.2 Å². The van der Waals surface area contributed by atoms with Gasteiger partial charge in [0.05, 0.1) is 24.9 Å². The van der Waals surface area contributed by atoms with Crippen LogP contribution >= 0.6 is 27.5 Å². The average molecular weight is 714 g/mol. The molecule has 2 N–H and O–H groups in total. The number of halogens is 2. The number of carbonyl (C=O) groups is 1. The molecular formula is C37H50BrClN4O3. The van der Waals surface area contributed by atoms with Crippen LogP contribution in [0.5, 0.6) is 11.5 Å². The van der Waals surface area contributed by atoms with Gasteiger partial charge >= 0.3 is 0 Å². The van der Waals surface area contributed by atoms with Gasteiger partial charge in [0.2, 0.25) is 6.41 Å². The average Bonchev–Trinajstić information content (AvgIpc) is 3.56. The van der Waals surface area contributed by atoms with E-state index < -0.39 is 0 Å². The zero-order valence-corrected chi connectivity index (χ0v) is 30.3. The molecule has 46 heavy (non-hydrogen) atoms. The number of amides is 1. The van der Waals surface area contributed by atoms with Crippen molar-refractivity contribution < 1.29 is 14.3 Å². The van der Waals surface area contributed by atoms with E-state index in [2.05, 4.69) is 82.0 Å². The number of nitrogens with zero attached hydrogens (tertiary/aromatic N) is 2. The van der Waals surface area contributed by atoms with Crippen LogP contribution in [-0.4, -0.2) is 63.2 Å². The molecule has 0 bridgehead atoms. The normalized spacial score (nSPS) is 15.0. The van der Waals surface area contributed by atoms with E-state index in [1.807, 2.05) is 36.4 Å². The summed E-state index contributed by atoms with van der Waals surface area (Å²) in [5.74, 6) is 2.30. The Morgan fingerprint density at radius 2 is 1.76 bits per heavy atom. The second-order valence-electron chi connectivity index (χ2n) is 11.9. The van der Waals surface area contributed by atoms with Gasteiger partial charge in [-0.15, -0.1) is 0 Å². The molecule has 0 aliphatic carbocycles. The molecule has 250 valence electrons. The third-order valence-electron chi connectivity index (χ3n) is 8.07. The second-order valence-corrected chi connectivity index (χ2v) is 13.2. The van der Waals surface area contributed by atoms with Crippen molar-refractivity contribution >= 4 is 39.6 Å². The van der Waals surface area contributed by atoms with Gasteiger partial charge in [0.25, 0.3) is 0 Å². The molecule has 7 nitrogen and oxygen atoms in total. The Labute approximate surface area is 289 Å². The van der Waals surface area contributed by atoms with Crippen LogP contribution in [0.3, 0.4) is 0 Å². The Kier molecular flexibility index (Phi) is 15.8. The molecule has 2 aromatic carbocycles. The molecule has 0 atom stereocenters. The number of likely N-dealkylation sites (tertiary alicyclic amines) is 1. The van der Waals surface area contributed by atoms with Crippen molar-refractivity contribution in [2.45, 2.75) is 52.9 Å². The van der Waals surface area contributed by atoms with E-state index in [1.165, 1.54) is 31.5 Å². The fraction of sp³-hybridized carbons (Fsp3) is 0.432. The topological polar surface area (TPSA) is 66.1 Å². The number of anilines is 1. The zero-order chi connectivity index (χ0) is 33.5. The lowest BCUT2D eigenvalue weighted by Gasteiger charge is -2.29. The predicted molar refractivity (Wildman–Crippen MR) is 196 cm³/mol. The summed E-state index contributed by atoms with van der Waals surface area (Å²) < 4.78 is 12.4. The van der Waals surface area contributed by atoms with Gasteiger partial charge in [0, 0.05) is 53.7 Å². The summed E-state index contributed by atoms with van der Waals surface area (Å²) in [5, 5.41) is 6.86.